The molecule has 0 aromatic carbocycles. The molecule has 0 saturated carbocycles. The van der Waals surface area contributed by atoms with E-state index in [1.165, 1.54) is 0 Å². The lowest BCUT2D eigenvalue weighted by Gasteiger charge is -2.36. The van der Waals surface area contributed by atoms with Gasteiger partial charge in [0.2, 0.25) is 0 Å². The number of anilines is 1. The summed E-state index contributed by atoms with van der Waals surface area (Å²) in [6.45, 7) is 4.97. The number of carboxylic acids is 1. The fraction of sp³-hybridized carbons (Fsp3) is 0.571. The van der Waals surface area contributed by atoms with Crippen LogP contribution in [-0.2, 0) is 0 Å². The van der Waals surface area contributed by atoms with Gasteiger partial charge < -0.3 is 15.3 Å². The van der Waals surface area contributed by atoms with Crippen LogP contribution in [0, 0.1) is 0 Å². The van der Waals surface area contributed by atoms with Crippen molar-refractivity contribution in [3.63, 3.8) is 0 Å². The Morgan fingerprint density at radius 1 is 1.53 bits per heavy atom. The van der Waals surface area contributed by atoms with E-state index < -0.39 is 5.97 Å². The predicted molar refractivity (Wildman–Crippen MR) is 74.7 cm³/mol. The van der Waals surface area contributed by atoms with Crippen molar-refractivity contribution in [2.45, 2.75) is 32.2 Å². The number of nitrogens with zero attached hydrogens (tertiary/aromatic N) is 2. The first-order valence-electron chi connectivity index (χ1n) is 6.88. The number of pyridine rings is 1. The number of rotatable bonds is 5. The van der Waals surface area contributed by atoms with E-state index in [1.54, 1.807) is 18.5 Å². The van der Waals surface area contributed by atoms with Crippen molar-refractivity contribution in [2.24, 2.45) is 0 Å². The molecule has 2 heterocycles. The Kier molecular flexibility index (Phi) is 4.74. The van der Waals surface area contributed by atoms with Gasteiger partial charge in [-0.2, -0.15) is 0 Å². The van der Waals surface area contributed by atoms with Crippen molar-refractivity contribution < 1.29 is 9.90 Å². The molecule has 1 aromatic heterocycles. The Labute approximate surface area is 113 Å². The van der Waals surface area contributed by atoms with Gasteiger partial charge >= 0.3 is 5.97 Å². The summed E-state index contributed by atoms with van der Waals surface area (Å²) in [7, 11) is 0. The standard InChI is InChI=1S/C14H21N3O2/c1-2-9-17(11-3-6-15-7-4-11)13-10-16-8-5-12(13)14(18)19/h5,8,10-11,15H,2-4,6-7,9H2,1H3,(H,18,19). The molecule has 1 fully saturated rings. The molecule has 2 N–H and O–H groups in total. The first-order chi connectivity index (χ1) is 9.24. The Morgan fingerprint density at radius 3 is 2.89 bits per heavy atom. The maximum absolute atomic E-state index is 11.3. The summed E-state index contributed by atoms with van der Waals surface area (Å²) in [6, 6.07) is 1.99. The third-order valence-electron chi connectivity index (χ3n) is 3.55. The highest BCUT2D eigenvalue weighted by Crippen LogP contribution is 2.25. The largest absolute Gasteiger partial charge is 0.478 e. The van der Waals surface area contributed by atoms with Crippen molar-refractivity contribution in [1.82, 2.24) is 10.3 Å². The van der Waals surface area contributed by atoms with Gasteiger partial charge in [0.05, 0.1) is 17.4 Å². The molecule has 5 nitrogen and oxygen atoms in total. The van der Waals surface area contributed by atoms with E-state index in [1.807, 2.05) is 0 Å². The van der Waals surface area contributed by atoms with Crippen LogP contribution < -0.4 is 10.2 Å². The highest BCUT2D eigenvalue weighted by Gasteiger charge is 2.24. The molecule has 0 unspecified atom stereocenters. The molecular weight excluding hydrogens is 242 g/mol. The van der Waals surface area contributed by atoms with E-state index in [9.17, 15) is 9.90 Å². The van der Waals surface area contributed by atoms with Crippen LogP contribution in [0.3, 0.4) is 0 Å². The molecular formula is C14H21N3O2. The first kappa shape index (κ1) is 13.8. The fourth-order valence-electron chi connectivity index (χ4n) is 2.65. The topological polar surface area (TPSA) is 65.5 Å². The van der Waals surface area contributed by atoms with E-state index in [2.05, 4.69) is 22.1 Å². The molecule has 1 aliphatic rings. The third-order valence-corrected chi connectivity index (χ3v) is 3.55. The lowest BCUT2D eigenvalue weighted by molar-refractivity contribution is 0.0697. The van der Waals surface area contributed by atoms with Gasteiger partial charge in [-0.1, -0.05) is 6.92 Å². The second-order valence-corrected chi connectivity index (χ2v) is 4.87. The van der Waals surface area contributed by atoms with Gasteiger partial charge in [-0.25, -0.2) is 4.79 Å². The van der Waals surface area contributed by atoms with Crippen molar-refractivity contribution in [3.8, 4) is 0 Å². The number of aromatic nitrogens is 1. The average molecular weight is 263 g/mol. The number of nitrogens with one attached hydrogen (secondary N) is 1. The molecule has 0 atom stereocenters. The second kappa shape index (κ2) is 6.52. The molecule has 1 aliphatic heterocycles. The van der Waals surface area contributed by atoms with Crippen molar-refractivity contribution >= 4 is 11.7 Å². The van der Waals surface area contributed by atoms with Crippen LogP contribution in [0.4, 0.5) is 5.69 Å². The minimum atomic E-state index is -0.882. The van der Waals surface area contributed by atoms with Gasteiger partial charge in [0.25, 0.3) is 0 Å². The number of piperidine rings is 1. The fourth-order valence-corrected chi connectivity index (χ4v) is 2.65. The van der Waals surface area contributed by atoms with Gasteiger partial charge in [-0.3, -0.25) is 4.98 Å². The van der Waals surface area contributed by atoms with Gasteiger partial charge in [0.1, 0.15) is 0 Å². The Hall–Kier alpha value is -1.62. The Balaban J connectivity index is 2.29. The smallest absolute Gasteiger partial charge is 0.337 e. The minimum absolute atomic E-state index is 0.349. The highest BCUT2D eigenvalue weighted by atomic mass is 16.4. The Morgan fingerprint density at radius 2 is 2.26 bits per heavy atom. The summed E-state index contributed by atoms with van der Waals surface area (Å²) in [5, 5.41) is 12.7. The van der Waals surface area contributed by atoms with E-state index in [0.717, 1.165) is 44.6 Å². The van der Waals surface area contributed by atoms with Crippen LogP contribution in [0.2, 0.25) is 0 Å². The zero-order chi connectivity index (χ0) is 13.7. The lowest BCUT2D eigenvalue weighted by atomic mass is 10.0. The van der Waals surface area contributed by atoms with Crippen LogP contribution in [0.1, 0.15) is 36.5 Å². The molecule has 1 saturated heterocycles. The maximum Gasteiger partial charge on any atom is 0.337 e. The molecule has 19 heavy (non-hydrogen) atoms. The molecule has 2 rings (SSSR count). The van der Waals surface area contributed by atoms with Gasteiger partial charge in [0, 0.05) is 18.8 Å². The monoisotopic (exact) mass is 263 g/mol. The van der Waals surface area contributed by atoms with E-state index in [-0.39, 0.29) is 0 Å². The van der Waals surface area contributed by atoms with Crippen molar-refractivity contribution in [3.05, 3.63) is 24.0 Å². The van der Waals surface area contributed by atoms with Crippen LogP contribution in [0.5, 0.6) is 0 Å². The molecule has 0 amide bonds. The molecule has 0 aliphatic carbocycles. The summed E-state index contributed by atoms with van der Waals surface area (Å²) < 4.78 is 0. The van der Waals surface area contributed by atoms with Crippen LogP contribution in [-0.4, -0.2) is 41.7 Å². The number of carboxylic acid groups (broad SMARTS) is 1. The SMILES string of the molecule is CCCN(c1cnccc1C(=O)O)C1CCNCC1. The maximum atomic E-state index is 11.3. The molecule has 1 aromatic rings. The van der Waals surface area contributed by atoms with Crippen LogP contribution in [0.15, 0.2) is 18.5 Å². The highest BCUT2D eigenvalue weighted by molar-refractivity contribution is 5.94. The van der Waals surface area contributed by atoms with E-state index in [0.29, 0.717) is 11.6 Å². The van der Waals surface area contributed by atoms with Crippen molar-refractivity contribution in [1.29, 1.82) is 0 Å². The molecule has 0 bridgehead atoms. The van der Waals surface area contributed by atoms with E-state index >= 15 is 0 Å². The number of hydrogen-bond donors (Lipinski definition) is 2. The number of aromatic carboxylic acids is 1. The second-order valence-electron chi connectivity index (χ2n) is 4.87. The zero-order valence-electron chi connectivity index (χ0n) is 11.3. The molecule has 0 spiro atoms. The van der Waals surface area contributed by atoms with Gasteiger partial charge in [-0.15, -0.1) is 0 Å². The summed E-state index contributed by atoms with van der Waals surface area (Å²) in [6.07, 6.45) is 6.32. The lowest BCUT2D eigenvalue weighted by Crippen LogP contribution is -2.44. The van der Waals surface area contributed by atoms with Crippen LogP contribution in [0.25, 0.3) is 0 Å². The quantitative estimate of drug-likeness (QED) is 0.847. The minimum Gasteiger partial charge on any atom is -0.478 e. The van der Waals surface area contributed by atoms with Gasteiger partial charge in [0.15, 0.2) is 0 Å². The summed E-state index contributed by atoms with van der Waals surface area (Å²) >= 11 is 0. The summed E-state index contributed by atoms with van der Waals surface area (Å²) in [5.74, 6) is -0.882. The Bertz CT molecular complexity index is 430. The summed E-state index contributed by atoms with van der Waals surface area (Å²) in [4.78, 5) is 17.7. The molecule has 5 heteroatoms. The molecule has 0 radical (unpaired) electrons. The third kappa shape index (κ3) is 3.23. The predicted octanol–water partition coefficient (Wildman–Crippen LogP) is 1.75. The van der Waals surface area contributed by atoms with E-state index in [4.69, 9.17) is 0 Å². The normalized spacial score (nSPS) is 16.3. The number of hydrogen-bond acceptors (Lipinski definition) is 4. The first-order valence-corrected chi connectivity index (χ1v) is 6.88. The molecule has 104 valence electrons. The summed E-state index contributed by atoms with van der Waals surface area (Å²) in [5.41, 5.74) is 1.10. The zero-order valence-corrected chi connectivity index (χ0v) is 11.3. The van der Waals surface area contributed by atoms with Crippen LogP contribution >= 0.6 is 0 Å². The number of carbonyl (C=O) groups is 1. The van der Waals surface area contributed by atoms with Crippen molar-refractivity contribution in [2.75, 3.05) is 24.5 Å². The van der Waals surface area contributed by atoms with Gasteiger partial charge in [-0.05, 0) is 38.4 Å². The average Bonchev–Trinajstić information content (AvgIpc) is 2.45.